The average molecular weight is 271 g/mol. The third kappa shape index (κ3) is 4.12. The molecule has 0 aromatic heterocycles. The Kier molecular flexibility index (Phi) is 5.66. The molecule has 1 saturated heterocycles. The van der Waals surface area contributed by atoms with Crippen LogP contribution in [-0.2, 0) is 6.42 Å². The van der Waals surface area contributed by atoms with Crippen molar-refractivity contribution in [2.75, 3.05) is 26.7 Å². The van der Waals surface area contributed by atoms with Crippen molar-refractivity contribution in [2.45, 2.75) is 19.3 Å². The first kappa shape index (κ1) is 14.6. The Bertz CT molecular complexity index is 431. The zero-order valence-corrected chi connectivity index (χ0v) is 12.4. The van der Waals surface area contributed by atoms with Crippen molar-refractivity contribution in [3.05, 3.63) is 48.6 Å². The molecule has 1 aliphatic rings. The second-order valence-corrected chi connectivity index (χ2v) is 5.34. The average Bonchev–Trinajstić information content (AvgIpc) is 2.50. The molecule has 3 heteroatoms. The van der Waals surface area contributed by atoms with Crippen LogP contribution in [0.3, 0.4) is 0 Å². The highest BCUT2D eigenvalue weighted by molar-refractivity contribution is 5.80. The van der Waals surface area contributed by atoms with Gasteiger partial charge in [0.2, 0.25) is 0 Å². The van der Waals surface area contributed by atoms with E-state index in [9.17, 15) is 0 Å². The summed E-state index contributed by atoms with van der Waals surface area (Å²) in [7, 11) is 1.85. The molecule has 0 spiro atoms. The maximum Gasteiger partial charge on any atom is 0.193 e. The predicted octanol–water partition coefficient (Wildman–Crippen LogP) is 2.70. The lowest BCUT2D eigenvalue weighted by atomic mass is 9.90. The van der Waals surface area contributed by atoms with E-state index in [2.05, 4.69) is 52.1 Å². The first-order valence-corrected chi connectivity index (χ1v) is 7.44. The fourth-order valence-corrected chi connectivity index (χ4v) is 2.79. The number of rotatable bonds is 4. The smallest absolute Gasteiger partial charge is 0.193 e. The molecule has 1 fully saturated rings. The first-order chi connectivity index (χ1) is 9.83. The summed E-state index contributed by atoms with van der Waals surface area (Å²) in [4.78, 5) is 6.69. The Morgan fingerprint density at radius 1 is 1.35 bits per heavy atom. The topological polar surface area (TPSA) is 27.6 Å². The standard InChI is InChI=1S/C17H25N3/c1-3-11-19-17(18-2)20-12-9-16(10-13-20)14-15-7-5-4-6-8-15/h3-8,16H,1,9-14H2,2H3,(H,18,19). The number of likely N-dealkylation sites (tertiary alicyclic amines) is 1. The van der Waals surface area contributed by atoms with Gasteiger partial charge < -0.3 is 10.2 Å². The van der Waals surface area contributed by atoms with Gasteiger partial charge in [-0.2, -0.15) is 0 Å². The van der Waals surface area contributed by atoms with Crippen molar-refractivity contribution in [3.63, 3.8) is 0 Å². The Morgan fingerprint density at radius 2 is 2.05 bits per heavy atom. The molecule has 1 N–H and O–H groups in total. The number of nitrogens with one attached hydrogen (secondary N) is 1. The highest BCUT2D eigenvalue weighted by Gasteiger charge is 2.21. The van der Waals surface area contributed by atoms with E-state index in [1.807, 2.05) is 13.1 Å². The molecule has 0 amide bonds. The van der Waals surface area contributed by atoms with Crippen molar-refractivity contribution < 1.29 is 0 Å². The summed E-state index contributed by atoms with van der Waals surface area (Å²) in [5.74, 6) is 1.80. The van der Waals surface area contributed by atoms with Crippen LogP contribution in [0, 0.1) is 5.92 Å². The zero-order valence-electron chi connectivity index (χ0n) is 12.4. The molecule has 0 aliphatic carbocycles. The van der Waals surface area contributed by atoms with Crippen molar-refractivity contribution in [1.82, 2.24) is 10.2 Å². The number of guanidine groups is 1. The summed E-state index contributed by atoms with van der Waals surface area (Å²) in [6.45, 7) is 6.69. The van der Waals surface area contributed by atoms with Gasteiger partial charge in [-0.3, -0.25) is 4.99 Å². The van der Waals surface area contributed by atoms with E-state index in [0.29, 0.717) is 0 Å². The van der Waals surface area contributed by atoms with Crippen molar-refractivity contribution in [3.8, 4) is 0 Å². The number of hydrogen-bond donors (Lipinski definition) is 1. The highest BCUT2D eigenvalue weighted by Crippen LogP contribution is 2.21. The zero-order chi connectivity index (χ0) is 14.2. The molecule has 0 atom stereocenters. The minimum absolute atomic E-state index is 0.774. The van der Waals surface area contributed by atoms with Crippen LogP contribution in [0.4, 0.5) is 0 Å². The van der Waals surface area contributed by atoms with Gasteiger partial charge in [0.15, 0.2) is 5.96 Å². The van der Waals surface area contributed by atoms with Gasteiger partial charge in [0.05, 0.1) is 0 Å². The molecule has 0 unspecified atom stereocenters. The van der Waals surface area contributed by atoms with Crippen LogP contribution in [0.2, 0.25) is 0 Å². The summed E-state index contributed by atoms with van der Waals surface area (Å²) >= 11 is 0. The Labute approximate surface area is 122 Å². The fraction of sp³-hybridized carbons (Fsp3) is 0.471. The van der Waals surface area contributed by atoms with Crippen LogP contribution in [0.15, 0.2) is 48.0 Å². The van der Waals surface area contributed by atoms with E-state index in [1.54, 1.807) is 0 Å². The molecule has 1 aromatic carbocycles. The molecule has 20 heavy (non-hydrogen) atoms. The summed E-state index contributed by atoms with van der Waals surface area (Å²) in [5.41, 5.74) is 1.46. The maximum atomic E-state index is 4.34. The lowest BCUT2D eigenvalue weighted by Crippen LogP contribution is -2.45. The molecule has 1 aromatic rings. The van der Waals surface area contributed by atoms with Gasteiger partial charge in [0.1, 0.15) is 0 Å². The molecule has 3 nitrogen and oxygen atoms in total. The second-order valence-electron chi connectivity index (χ2n) is 5.34. The molecular formula is C17H25N3. The quantitative estimate of drug-likeness (QED) is 0.518. The number of piperidine rings is 1. The molecule has 0 bridgehead atoms. The second kappa shape index (κ2) is 7.73. The molecule has 2 rings (SSSR count). The van der Waals surface area contributed by atoms with Gasteiger partial charge in [-0.05, 0) is 30.7 Å². The van der Waals surface area contributed by atoms with Gasteiger partial charge in [-0.25, -0.2) is 0 Å². The van der Waals surface area contributed by atoms with Gasteiger partial charge in [0.25, 0.3) is 0 Å². The fourth-order valence-electron chi connectivity index (χ4n) is 2.79. The number of aliphatic imine (C=N–C) groups is 1. The van der Waals surface area contributed by atoms with Gasteiger partial charge in [0, 0.05) is 26.7 Å². The van der Waals surface area contributed by atoms with Crippen LogP contribution < -0.4 is 5.32 Å². The minimum Gasteiger partial charge on any atom is -0.353 e. The number of benzene rings is 1. The van der Waals surface area contributed by atoms with E-state index < -0.39 is 0 Å². The van der Waals surface area contributed by atoms with Crippen LogP contribution in [0.1, 0.15) is 18.4 Å². The van der Waals surface area contributed by atoms with Gasteiger partial charge >= 0.3 is 0 Å². The van der Waals surface area contributed by atoms with Crippen LogP contribution >= 0.6 is 0 Å². The molecule has 1 heterocycles. The first-order valence-electron chi connectivity index (χ1n) is 7.44. The van der Waals surface area contributed by atoms with E-state index in [4.69, 9.17) is 0 Å². The molecule has 108 valence electrons. The van der Waals surface area contributed by atoms with E-state index >= 15 is 0 Å². The molecule has 0 radical (unpaired) electrons. The Hall–Kier alpha value is -1.77. The van der Waals surface area contributed by atoms with Gasteiger partial charge in [-0.15, -0.1) is 6.58 Å². The lowest BCUT2D eigenvalue weighted by Gasteiger charge is -2.34. The predicted molar refractivity (Wildman–Crippen MR) is 86.0 cm³/mol. The van der Waals surface area contributed by atoms with Gasteiger partial charge in [-0.1, -0.05) is 36.4 Å². The maximum absolute atomic E-state index is 4.34. The van der Waals surface area contributed by atoms with Crippen LogP contribution in [-0.4, -0.2) is 37.5 Å². The van der Waals surface area contributed by atoms with Crippen molar-refractivity contribution >= 4 is 5.96 Å². The summed E-state index contributed by atoms with van der Waals surface area (Å²) in [6.07, 6.45) is 5.55. The molecule has 0 saturated carbocycles. The van der Waals surface area contributed by atoms with Crippen molar-refractivity contribution in [2.24, 2.45) is 10.9 Å². The Morgan fingerprint density at radius 3 is 2.65 bits per heavy atom. The summed E-state index contributed by atoms with van der Waals surface area (Å²) in [6, 6.07) is 10.8. The van der Waals surface area contributed by atoms with E-state index in [-0.39, 0.29) is 0 Å². The molecule has 1 aliphatic heterocycles. The molecular weight excluding hydrogens is 246 g/mol. The number of nitrogens with zero attached hydrogens (tertiary/aromatic N) is 2. The largest absolute Gasteiger partial charge is 0.353 e. The normalized spacial score (nSPS) is 17.1. The Balaban J connectivity index is 1.81. The third-order valence-electron chi connectivity index (χ3n) is 3.90. The number of hydrogen-bond acceptors (Lipinski definition) is 1. The lowest BCUT2D eigenvalue weighted by molar-refractivity contribution is 0.259. The van der Waals surface area contributed by atoms with Crippen LogP contribution in [0.5, 0.6) is 0 Å². The summed E-state index contributed by atoms with van der Waals surface area (Å²) < 4.78 is 0. The van der Waals surface area contributed by atoms with E-state index in [1.165, 1.54) is 24.8 Å². The van der Waals surface area contributed by atoms with Crippen molar-refractivity contribution in [1.29, 1.82) is 0 Å². The van der Waals surface area contributed by atoms with E-state index in [0.717, 1.165) is 31.5 Å². The SMILES string of the molecule is C=CCNC(=NC)N1CCC(Cc2ccccc2)CC1. The third-order valence-corrected chi connectivity index (χ3v) is 3.90. The monoisotopic (exact) mass is 271 g/mol. The summed E-state index contributed by atoms with van der Waals surface area (Å²) in [5, 5.41) is 3.31. The van der Waals surface area contributed by atoms with Crippen LogP contribution in [0.25, 0.3) is 0 Å². The highest BCUT2D eigenvalue weighted by atomic mass is 15.3. The minimum atomic E-state index is 0.774.